The molecule has 0 heterocycles. The first-order valence-electron chi connectivity index (χ1n) is 11.1. The van der Waals surface area contributed by atoms with Crippen LogP contribution in [0.5, 0.6) is 0 Å². The number of aryl methyl sites for hydroxylation is 2. The molecule has 0 aromatic heterocycles. The first-order valence-corrected chi connectivity index (χ1v) is 20.2. The summed E-state index contributed by atoms with van der Waals surface area (Å²) in [4.78, 5) is 0. The van der Waals surface area contributed by atoms with Gasteiger partial charge in [0.05, 0.1) is 0 Å². The standard InChI is InChI=1S/C17H15.C9H13.C2H6Si.Zr/c1-12-10-15-8-9-16(17(15)11-13(12)2)14-6-4-3-5-7-14;1-6-5-7(2)9(4)8(6)3;1-3-2;/h3-11H,1-2H3;5H,1-4H3;1-2H3;. The van der Waals surface area contributed by atoms with Gasteiger partial charge in [-0.25, -0.2) is 0 Å². The van der Waals surface area contributed by atoms with E-state index in [1.54, 1.807) is 27.9 Å². The summed E-state index contributed by atoms with van der Waals surface area (Å²) in [6.07, 6.45) is 2.70. The minimum atomic E-state index is -1.88. The molecule has 0 nitrogen and oxygen atoms in total. The fraction of sp³-hybridized carbons (Fsp3) is 0.357. The third kappa shape index (κ3) is 3.55. The third-order valence-corrected chi connectivity index (χ3v) is 27.2. The van der Waals surface area contributed by atoms with Gasteiger partial charge in [-0.15, -0.1) is 0 Å². The number of hydrogen-bond acceptors (Lipinski definition) is 0. The Balaban J connectivity index is 1.95. The van der Waals surface area contributed by atoms with Crippen molar-refractivity contribution in [2.24, 2.45) is 0 Å². The molecule has 0 N–H and O–H groups in total. The topological polar surface area (TPSA) is 0 Å². The first kappa shape index (κ1) is 22.0. The summed E-state index contributed by atoms with van der Waals surface area (Å²) in [6, 6.07) is 16.1. The summed E-state index contributed by atoms with van der Waals surface area (Å²) in [5.41, 5.74) is 15.1. The molecular weight excluding hydrogens is 456 g/mol. The van der Waals surface area contributed by atoms with E-state index < -0.39 is 20.4 Å². The van der Waals surface area contributed by atoms with E-state index >= 15 is 0 Å². The second kappa shape index (κ2) is 8.36. The molecule has 30 heavy (non-hydrogen) atoms. The number of rotatable bonds is 3. The summed E-state index contributed by atoms with van der Waals surface area (Å²) in [5.74, 6) is 0. The molecule has 0 fully saturated rings. The average Bonchev–Trinajstić information content (AvgIpc) is 3.16. The fourth-order valence-corrected chi connectivity index (χ4v) is 25.9. The number of allylic oxidation sites excluding steroid dienone is 5. The molecule has 2 aliphatic rings. The van der Waals surface area contributed by atoms with Crippen LogP contribution in [0, 0.1) is 13.8 Å². The van der Waals surface area contributed by atoms with Crippen molar-refractivity contribution in [1.82, 2.24) is 0 Å². The van der Waals surface area contributed by atoms with E-state index in [4.69, 9.17) is 0 Å². The second-order valence-electron chi connectivity index (χ2n) is 9.45. The molecule has 0 spiro atoms. The van der Waals surface area contributed by atoms with Crippen molar-refractivity contribution >= 4 is 11.0 Å². The van der Waals surface area contributed by atoms with Gasteiger partial charge in [0.1, 0.15) is 0 Å². The van der Waals surface area contributed by atoms with Crippen molar-refractivity contribution in [1.29, 1.82) is 0 Å². The molecule has 0 bridgehead atoms. The normalized spacial score (nSPS) is 18.8. The van der Waals surface area contributed by atoms with Crippen molar-refractivity contribution < 1.29 is 20.4 Å². The Morgan fingerprint density at radius 1 is 0.767 bits per heavy atom. The molecule has 2 aliphatic carbocycles. The van der Waals surface area contributed by atoms with Gasteiger partial charge in [0.2, 0.25) is 0 Å². The molecule has 2 aromatic rings. The van der Waals surface area contributed by atoms with E-state index in [1.165, 1.54) is 27.8 Å². The molecule has 2 heteroatoms. The molecule has 0 aliphatic heterocycles. The van der Waals surface area contributed by atoms with Gasteiger partial charge >= 0.3 is 192 Å². The van der Waals surface area contributed by atoms with Crippen molar-refractivity contribution in [2.45, 2.75) is 61.9 Å². The SMILES string of the molecule is CC1=C(C)[CH]([Zr]([CH]2C=C(c3ccccc3)c3cc(C)c(C)cc32)=[Si](C)C)C(C)=C1C. The van der Waals surface area contributed by atoms with Gasteiger partial charge in [0.25, 0.3) is 0 Å². The maximum absolute atomic E-state index is 2.70. The Kier molecular flexibility index (Phi) is 6.12. The molecule has 1 atom stereocenters. The third-order valence-electron chi connectivity index (χ3n) is 7.54. The molecule has 4 rings (SSSR count). The maximum atomic E-state index is 2.70. The number of fused-ring (bicyclic) bond motifs is 1. The van der Waals surface area contributed by atoms with Crippen LogP contribution in [-0.2, 0) is 20.4 Å². The molecule has 0 saturated heterocycles. The Hall–Kier alpha value is -1.24. The fourth-order valence-electron chi connectivity index (χ4n) is 5.40. The van der Waals surface area contributed by atoms with Gasteiger partial charge in [0, 0.05) is 0 Å². The first-order chi connectivity index (χ1) is 14.2. The van der Waals surface area contributed by atoms with Gasteiger partial charge in [-0.2, -0.15) is 0 Å². The van der Waals surface area contributed by atoms with Crippen LogP contribution in [0.1, 0.15) is 59.1 Å². The van der Waals surface area contributed by atoms with E-state index in [0.717, 1.165) is 3.63 Å². The monoisotopic (exact) mass is 488 g/mol. The van der Waals surface area contributed by atoms with Crippen molar-refractivity contribution in [3.05, 3.63) is 98.7 Å². The molecule has 0 saturated carbocycles. The molecule has 154 valence electrons. The molecular formula is C28H34SiZr. The predicted octanol–water partition coefficient (Wildman–Crippen LogP) is 8.13. The zero-order chi connectivity index (χ0) is 21.7. The summed E-state index contributed by atoms with van der Waals surface area (Å²) < 4.78 is 1.47. The molecule has 0 amide bonds. The van der Waals surface area contributed by atoms with Gasteiger partial charge in [-0.3, -0.25) is 0 Å². The van der Waals surface area contributed by atoms with Crippen molar-refractivity contribution in [2.75, 3.05) is 0 Å². The van der Waals surface area contributed by atoms with E-state index in [9.17, 15) is 0 Å². The predicted molar refractivity (Wildman–Crippen MR) is 130 cm³/mol. The molecule has 0 radical (unpaired) electrons. The van der Waals surface area contributed by atoms with Crippen LogP contribution in [0.15, 0.2) is 70.8 Å². The summed E-state index contributed by atoms with van der Waals surface area (Å²) >= 11 is -1.88. The van der Waals surface area contributed by atoms with Crippen LogP contribution in [0.25, 0.3) is 5.57 Å². The van der Waals surface area contributed by atoms with Crippen molar-refractivity contribution in [3.63, 3.8) is 0 Å². The summed E-state index contributed by atoms with van der Waals surface area (Å²) in [6.45, 7) is 19.4. The molecule has 1 unspecified atom stereocenters. The van der Waals surface area contributed by atoms with Crippen LogP contribution in [0.3, 0.4) is 0 Å². The average molecular weight is 490 g/mol. The zero-order valence-corrected chi connectivity index (χ0v) is 23.2. The van der Waals surface area contributed by atoms with Crippen LogP contribution in [-0.4, -0.2) is 5.43 Å². The van der Waals surface area contributed by atoms with Crippen molar-refractivity contribution in [3.8, 4) is 0 Å². The Morgan fingerprint density at radius 3 is 1.90 bits per heavy atom. The van der Waals surface area contributed by atoms with Gasteiger partial charge in [-0.1, -0.05) is 0 Å². The van der Waals surface area contributed by atoms with Crippen LogP contribution >= 0.6 is 0 Å². The minimum absolute atomic E-state index is 0.335. The quantitative estimate of drug-likeness (QED) is 0.382. The Labute approximate surface area is 191 Å². The number of benzene rings is 2. The van der Waals surface area contributed by atoms with E-state index in [-0.39, 0.29) is 5.43 Å². The zero-order valence-electron chi connectivity index (χ0n) is 19.8. The summed E-state index contributed by atoms with van der Waals surface area (Å²) in [5, 5.41) is 0. The van der Waals surface area contributed by atoms with E-state index in [1.807, 2.05) is 0 Å². The van der Waals surface area contributed by atoms with Crippen LogP contribution in [0.4, 0.5) is 0 Å². The van der Waals surface area contributed by atoms with Crippen LogP contribution in [0.2, 0.25) is 16.7 Å². The van der Waals surface area contributed by atoms with E-state index in [0.29, 0.717) is 3.63 Å². The Bertz CT molecular complexity index is 1130. The molecule has 2 aromatic carbocycles. The Morgan fingerprint density at radius 2 is 1.33 bits per heavy atom. The number of hydrogen-bond donors (Lipinski definition) is 0. The van der Waals surface area contributed by atoms with Gasteiger partial charge in [-0.05, 0) is 0 Å². The van der Waals surface area contributed by atoms with E-state index in [2.05, 4.69) is 103 Å². The van der Waals surface area contributed by atoms with Gasteiger partial charge in [0.15, 0.2) is 0 Å². The second-order valence-corrected chi connectivity index (χ2v) is 27.4. The van der Waals surface area contributed by atoms with Gasteiger partial charge < -0.3 is 0 Å². The summed E-state index contributed by atoms with van der Waals surface area (Å²) in [7, 11) is 0. The van der Waals surface area contributed by atoms with Crippen LogP contribution < -0.4 is 0 Å².